The van der Waals surface area contributed by atoms with Crippen molar-refractivity contribution in [2.75, 3.05) is 23.8 Å². The van der Waals surface area contributed by atoms with E-state index in [2.05, 4.69) is 10.6 Å². The van der Waals surface area contributed by atoms with Crippen molar-refractivity contribution in [3.63, 3.8) is 0 Å². The van der Waals surface area contributed by atoms with Gasteiger partial charge in [-0.2, -0.15) is 0 Å². The normalized spacial score (nSPS) is 10.2. The predicted octanol–water partition coefficient (Wildman–Crippen LogP) is 4.20. The van der Waals surface area contributed by atoms with Crippen LogP contribution in [-0.2, 0) is 23.9 Å². The number of hydrogen-bond donors (Lipinski definition) is 2. The van der Waals surface area contributed by atoms with Crippen molar-refractivity contribution in [1.29, 1.82) is 0 Å². The highest BCUT2D eigenvalue weighted by molar-refractivity contribution is 6.30. The Labute approximate surface area is 191 Å². The fourth-order valence-corrected chi connectivity index (χ4v) is 2.60. The van der Waals surface area contributed by atoms with Crippen LogP contribution in [0.15, 0.2) is 48.5 Å². The lowest BCUT2D eigenvalue weighted by atomic mass is 10.2. The Morgan fingerprint density at radius 2 is 1.41 bits per heavy atom. The number of carbonyl (C=O) groups is 4. The first kappa shape index (κ1) is 24.9. The van der Waals surface area contributed by atoms with Crippen molar-refractivity contribution in [2.24, 2.45) is 0 Å². The number of benzene rings is 2. The molecule has 0 aliphatic rings. The average molecular weight is 461 g/mol. The molecule has 2 N–H and O–H groups in total. The summed E-state index contributed by atoms with van der Waals surface area (Å²) >= 11 is 5.78. The molecule has 170 valence electrons. The van der Waals surface area contributed by atoms with Crippen molar-refractivity contribution in [1.82, 2.24) is 0 Å². The SMILES string of the molecule is CCCCOC(=O)c1ccc(NC(=O)COC(=O)CCC(=O)Nc2ccc(Cl)cc2)cc1. The first-order valence-electron chi connectivity index (χ1n) is 10.2. The van der Waals surface area contributed by atoms with E-state index < -0.39 is 24.5 Å². The molecule has 2 rings (SSSR count). The van der Waals surface area contributed by atoms with Gasteiger partial charge in [0.2, 0.25) is 5.91 Å². The van der Waals surface area contributed by atoms with E-state index in [0.717, 1.165) is 12.8 Å². The number of ether oxygens (including phenoxy) is 2. The second kappa shape index (κ2) is 13.1. The largest absolute Gasteiger partial charge is 0.462 e. The summed E-state index contributed by atoms with van der Waals surface area (Å²) in [4.78, 5) is 47.4. The number of nitrogens with one attached hydrogen (secondary N) is 2. The summed E-state index contributed by atoms with van der Waals surface area (Å²) in [5, 5.41) is 5.74. The maximum atomic E-state index is 11.9. The molecule has 0 aliphatic heterocycles. The van der Waals surface area contributed by atoms with Crippen molar-refractivity contribution in [2.45, 2.75) is 32.6 Å². The van der Waals surface area contributed by atoms with Gasteiger partial charge in [-0.3, -0.25) is 14.4 Å². The van der Waals surface area contributed by atoms with Gasteiger partial charge in [0.1, 0.15) is 0 Å². The van der Waals surface area contributed by atoms with Crippen molar-refractivity contribution < 1.29 is 28.7 Å². The van der Waals surface area contributed by atoms with E-state index in [0.29, 0.717) is 28.6 Å². The number of rotatable bonds is 11. The molecule has 2 aromatic rings. The molecule has 32 heavy (non-hydrogen) atoms. The minimum absolute atomic E-state index is 0.0844. The Balaban J connectivity index is 1.67. The van der Waals surface area contributed by atoms with E-state index in [4.69, 9.17) is 21.1 Å². The Kier molecular flexibility index (Phi) is 10.2. The minimum Gasteiger partial charge on any atom is -0.462 e. The van der Waals surface area contributed by atoms with Crippen molar-refractivity contribution in [3.05, 3.63) is 59.1 Å². The molecule has 0 fully saturated rings. The van der Waals surface area contributed by atoms with Crippen LogP contribution in [0, 0.1) is 0 Å². The molecule has 0 atom stereocenters. The van der Waals surface area contributed by atoms with Crippen LogP contribution < -0.4 is 10.6 Å². The van der Waals surface area contributed by atoms with Crippen LogP contribution in [0.25, 0.3) is 0 Å². The molecule has 0 heterocycles. The third-order valence-corrected chi connectivity index (χ3v) is 4.44. The van der Waals surface area contributed by atoms with Crippen LogP contribution in [0.1, 0.15) is 43.0 Å². The van der Waals surface area contributed by atoms with Crippen molar-refractivity contribution >= 4 is 46.7 Å². The molecule has 0 radical (unpaired) electrons. The van der Waals surface area contributed by atoms with E-state index >= 15 is 0 Å². The summed E-state index contributed by atoms with van der Waals surface area (Å²) in [6.07, 6.45) is 1.48. The summed E-state index contributed by atoms with van der Waals surface area (Å²) in [6.45, 7) is 1.88. The Morgan fingerprint density at radius 3 is 2.03 bits per heavy atom. The molecule has 0 spiro atoms. The highest BCUT2D eigenvalue weighted by Gasteiger charge is 2.12. The van der Waals surface area contributed by atoms with E-state index in [1.54, 1.807) is 36.4 Å². The van der Waals surface area contributed by atoms with Gasteiger partial charge < -0.3 is 20.1 Å². The molecule has 0 saturated heterocycles. The maximum absolute atomic E-state index is 11.9. The highest BCUT2D eigenvalue weighted by Crippen LogP contribution is 2.14. The van der Waals surface area contributed by atoms with Crippen LogP contribution in [0.3, 0.4) is 0 Å². The Hall–Kier alpha value is -3.39. The van der Waals surface area contributed by atoms with Gasteiger partial charge in [-0.15, -0.1) is 0 Å². The standard InChI is InChI=1S/C23H25ClN2O6/c1-2-3-14-31-23(30)16-4-8-18(9-5-16)26-21(28)15-32-22(29)13-12-20(27)25-19-10-6-17(24)7-11-19/h4-11H,2-3,12-15H2,1H3,(H,25,27)(H,26,28). The second-order valence-electron chi connectivity index (χ2n) is 6.83. The lowest BCUT2D eigenvalue weighted by molar-refractivity contribution is -0.147. The number of amides is 2. The van der Waals surface area contributed by atoms with Crippen LogP contribution in [-0.4, -0.2) is 37.0 Å². The van der Waals surface area contributed by atoms with Gasteiger partial charge in [-0.1, -0.05) is 24.9 Å². The van der Waals surface area contributed by atoms with E-state index in [1.165, 1.54) is 12.1 Å². The first-order valence-corrected chi connectivity index (χ1v) is 10.5. The van der Waals surface area contributed by atoms with E-state index in [9.17, 15) is 19.2 Å². The van der Waals surface area contributed by atoms with Crippen molar-refractivity contribution in [3.8, 4) is 0 Å². The van der Waals surface area contributed by atoms with Gasteiger partial charge >= 0.3 is 11.9 Å². The minimum atomic E-state index is -0.670. The topological polar surface area (TPSA) is 111 Å². The van der Waals surface area contributed by atoms with Gasteiger partial charge in [-0.25, -0.2) is 4.79 Å². The number of hydrogen-bond acceptors (Lipinski definition) is 6. The summed E-state index contributed by atoms with van der Waals surface area (Å²) in [6, 6.07) is 12.7. The third kappa shape index (κ3) is 9.18. The maximum Gasteiger partial charge on any atom is 0.338 e. The zero-order chi connectivity index (χ0) is 23.3. The Morgan fingerprint density at radius 1 is 0.812 bits per heavy atom. The fraction of sp³-hybridized carbons (Fsp3) is 0.304. The van der Waals surface area contributed by atoms with Gasteiger partial charge in [0, 0.05) is 22.8 Å². The molecule has 2 aromatic carbocycles. The van der Waals surface area contributed by atoms with E-state index in [1.807, 2.05) is 6.92 Å². The number of unbranched alkanes of at least 4 members (excludes halogenated alkanes) is 1. The molecule has 0 aliphatic carbocycles. The number of esters is 2. The smallest absolute Gasteiger partial charge is 0.338 e. The molecule has 0 bridgehead atoms. The van der Waals surface area contributed by atoms with Crippen LogP contribution >= 0.6 is 11.6 Å². The van der Waals surface area contributed by atoms with Gasteiger partial charge in [0.15, 0.2) is 6.61 Å². The number of halogens is 1. The highest BCUT2D eigenvalue weighted by atomic mass is 35.5. The average Bonchev–Trinajstić information content (AvgIpc) is 2.78. The monoisotopic (exact) mass is 460 g/mol. The quantitative estimate of drug-likeness (QED) is 0.384. The third-order valence-electron chi connectivity index (χ3n) is 4.18. The molecule has 0 unspecified atom stereocenters. The molecule has 9 heteroatoms. The van der Waals surface area contributed by atoms with Crippen LogP contribution in [0.5, 0.6) is 0 Å². The first-order chi connectivity index (χ1) is 15.4. The van der Waals surface area contributed by atoms with Gasteiger partial charge in [0.25, 0.3) is 5.91 Å². The molecule has 2 amide bonds. The summed E-state index contributed by atoms with van der Waals surface area (Å²) in [7, 11) is 0. The number of carbonyl (C=O) groups excluding carboxylic acids is 4. The molecular weight excluding hydrogens is 436 g/mol. The Bertz CT molecular complexity index is 929. The van der Waals surface area contributed by atoms with E-state index in [-0.39, 0.29) is 18.7 Å². The second-order valence-corrected chi connectivity index (χ2v) is 7.27. The zero-order valence-electron chi connectivity index (χ0n) is 17.7. The number of anilines is 2. The fourth-order valence-electron chi connectivity index (χ4n) is 2.47. The van der Waals surface area contributed by atoms with Crippen LogP contribution in [0.2, 0.25) is 5.02 Å². The predicted molar refractivity (Wildman–Crippen MR) is 121 cm³/mol. The lowest BCUT2D eigenvalue weighted by Crippen LogP contribution is -2.21. The summed E-state index contributed by atoms with van der Waals surface area (Å²) in [5.74, 6) is -1.99. The lowest BCUT2D eigenvalue weighted by Gasteiger charge is -2.08. The molecule has 8 nitrogen and oxygen atoms in total. The van der Waals surface area contributed by atoms with Gasteiger partial charge in [0.05, 0.1) is 18.6 Å². The molecule has 0 saturated carbocycles. The van der Waals surface area contributed by atoms with Crippen LogP contribution in [0.4, 0.5) is 11.4 Å². The summed E-state index contributed by atoms with van der Waals surface area (Å²) < 4.78 is 10.0. The zero-order valence-corrected chi connectivity index (χ0v) is 18.4. The molecular formula is C23H25ClN2O6. The van der Waals surface area contributed by atoms with Gasteiger partial charge in [-0.05, 0) is 55.0 Å². The molecule has 0 aromatic heterocycles. The summed E-state index contributed by atoms with van der Waals surface area (Å²) in [5.41, 5.74) is 1.38.